The van der Waals surface area contributed by atoms with Crippen molar-refractivity contribution < 1.29 is 9.59 Å². The molecule has 0 aromatic carbocycles. The van der Waals surface area contributed by atoms with Gasteiger partial charge in [-0.05, 0) is 32.6 Å². The van der Waals surface area contributed by atoms with E-state index < -0.39 is 0 Å². The molecule has 1 saturated carbocycles. The molecule has 7 nitrogen and oxygen atoms in total. The summed E-state index contributed by atoms with van der Waals surface area (Å²) >= 11 is 0. The van der Waals surface area contributed by atoms with Gasteiger partial charge >= 0.3 is 0 Å². The van der Waals surface area contributed by atoms with Gasteiger partial charge in [-0.15, -0.1) is 10.2 Å². The van der Waals surface area contributed by atoms with E-state index in [-0.39, 0.29) is 17.9 Å². The van der Waals surface area contributed by atoms with Crippen LogP contribution in [0.5, 0.6) is 0 Å². The van der Waals surface area contributed by atoms with Crippen LogP contribution in [0.1, 0.15) is 82.6 Å². The van der Waals surface area contributed by atoms with Crippen LogP contribution in [0.4, 0.5) is 0 Å². The van der Waals surface area contributed by atoms with E-state index in [4.69, 9.17) is 0 Å². The Balaban J connectivity index is 1.51. The minimum Gasteiger partial charge on any atom is -0.346 e. The number of carbonyl (C=O) groups is 2. The monoisotopic (exact) mass is 347 g/mol. The zero-order valence-electron chi connectivity index (χ0n) is 15.1. The van der Waals surface area contributed by atoms with Crippen LogP contribution in [0, 0.1) is 0 Å². The lowest BCUT2D eigenvalue weighted by atomic mass is 10.2. The second kappa shape index (κ2) is 8.45. The van der Waals surface area contributed by atoms with Crippen LogP contribution in [0.25, 0.3) is 0 Å². The topological polar surface area (TPSA) is 80.1 Å². The van der Waals surface area contributed by atoms with Crippen molar-refractivity contribution in [2.45, 2.75) is 76.8 Å². The Morgan fingerprint density at radius 3 is 2.88 bits per heavy atom. The van der Waals surface area contributed by atoms with E-state index in [0.29, 0.717) is 25.4 Å². The van der Waals surface area contributed by atoms with Crippen molar-refractivity contribution in [1.82, 2.24) is 25.0 Å². The number of carbonyl (C=O) groups excluding carboxylic acids is 2. The number of nitrogens with zero attached hydrogens (tertiary/aromatic N) is 4. The van der Waals surface area contributed by atoms with Gasteiger partial charge in [0.2, 0.25) is 11.8 Å². The molecule has 138 valence electrons. The maximum absolute atomic E-state index is 12.3. The Hall–Kier alpha value is -1.92. The first-order chi connectivity index (χ1) is 12.1. The summed E-state index contributed by atoms with van der Waals surface area (Å²) in [6.07, 6.45) is 10.6. The lowest BCUT2D eigenvalue weighted by Gasteiger charge is -2.21. The van der Waals surface area contributed by atoms with Crippen molar-refractivity contribution in [3.63, 3.8) is 0 Å². The Labute approximate surface area is 149 Å². The number of nitrogens with one attached hydrogen (secondary N) is 1. The third-order valence-corrected chi connectivity index (χ3v) is 5.36. The maximum atomic E-state index is 12.3. The maximum Gasteiger partial charge on any atom is 0.222 e. The summed E-state index contributed by atoms with van der Waals surface area (Å²) in [6, 6.07) is 0.287. The minimum absolute atomic E-state index is 0.0366. The summed E-state index contributed by atoms with van der Waals surface area (Å²) in [7, 11) is 0. The highest BCUT2D eigenvalue weighted by molar-refractivity contribution is 5.79. The fourth-order valence-electron chi connectivity index (χ4n) is 3.92. The highest BCUT2D eigenvalue weighted by atomic mass is 16.2. The second-order valence-corrected chi connectivity index (χ2v) is 7.27. The van der Waals surface area contributed by atoms with Crippen LogP contribution in [-0.4, -0.2) is 44.6 Å². The number of aromatic nitrogens is 3. The molecular weight excluding hydrogens is 318 g/mol. The largest absolute Gasteiger partial charge is 0.346 e. The van der Waals surface area contributed by atoms with Crippen LogP contribution in [0.2, 0.25) is 0 Å². The van der Waals surface area contributed by atoms with Crippen molar-refractivity contribution in [2.75, 3.05) is 13.1 Å². The molecule has 1 atom stereocenters. The van der Waals surface area contributed by atoms with Gasteiger partial charge in [0, 0.05) is 32.0 Å². The first kappa shape index (κ1) is 17.9. The predicted molar refractivity (Wildman–Crippen MR) is 93.7 cm³/mol. The molecule has 2 heterocycles. The fraction of sp³-hybridized carbons (Fsp3) is 0.778. The van der Waals surface area contributed by atoms with Crippen LogP contribution in [0.3, 0.4) is 0 Å². The van der Waals surface area contributed by atoms with Crippen LogP contribution in [0.15, 0.2) is 6.33 Å². The van der Waals surface area contributed by atoms with Crippen molar-refractivity contribution in [3.8, 4) is 0 Å². The standard InChI is InChI=1S/C18H29N5O2/c1-14(18-21-19-13-23(18)15-7-4-5-8-15)20-16(24)10-12-22-11-6-2-3-9-17(22)25/h13-15H,2-12H2,1H3,(H,20,24)/t14-/m1/s1. The summed E-state index contributed by atoms with van der Waals surface area (Å²) in [4.78, 5) is 26.1. The molecular formula is C18H29N5O2. The van der Waals surface area contributed by atoms with Crippen molar-refractivity contribution in [1.29, 1.82) is 0 Å². The normalized spacial score (nSPS) is 20.5. The van der Waals surface area contributed by atoms with Gasteiger partial charge in [-0.3, -0.25) is 9.59 Å². The van der Waals surface area contributed by atoms with Crippen LogP contribution < -0.4 is 5.32 Å². The van der Waals surface area contributed by atoms with Gasteiger partial charge < -0.3 is 14.8 Å². The molecule has 0 bridgehead atoms. The van der Waals surface area contributed by atoms with E-state index in [2.05, 4.69) is 20.1 Å². The third-order valence-electron chi connectivity index (χ3n) is 5.36. The molecule has 2 amide bonds. The molecule has 1 aromatic rings. The van der Waals surface area contributed by atoms with Gasteiger partial charge in [0.05, 0.1) is 6.04 Å². The van der Waals surface area contributed by atoms with Gasteiger partial charge in [0.1, 0.15) is 6.33 Å². The Bertz CT molecular complexity index is 594. The molecule has 2 fully saturated rings. The Kier molecular flexibility index (Phi) is 6.04. The molecule has 7 heteroatoms. The summed E-state index contributed by atoms with van der Waals surface area (Å²) in [6.45, 7) is 3.23. The quantitative estimate of drug-likeness (QED) is 0.857. The number of hydrogen-bond acceptors (Lipinski definition) is 4. The Morgan fingerprint density at radius 2 is 2.08 bits per heavy atom. The van der Waals surface area contributed by atoms with Gasteiger partial charge in [-0.1, -0.05) is 19.3 Å². The number of likely N-dealkylation sites (tertiary alicyclic amines) is 1. The molecule has 1 aliphatic heterocycles. The highest BCUT2D eigenvalue weighted by Crippen LogP contribution is 2.31. The van der Waals surface area contributed by atoms with E-state index >= 15 is 0 Å². The van der Waals surface area contributed by atoms with Crippen molar-refractivity contribution >= 4 is 11.8 Å². The van der Waals surface area contributed by atoms with E-state index in [9.17, 15) is 9.59 Å². The molecule has 1 saturated heterocycles. The van der Waals surface area contributed by atoms with Gasteiger partial charge in [-0.25, -0.2) is 0 Å². The average molecular weight is 347 g/mol. The molecule has 1 N–H and O–H groups in total. The van der Waals surface area contributed by atoms with Gasteiger partial charge in [0.25, 0.3) is 0 Å². The van der Waals surface area contributed by atoms with E-state index in [0.717, 1.165) is 44.5 Å². The molecule has 2 aliphatic rings. The van der Waals surface area contributed by atoms with E-state index in [1.165, 1.54) is 12.8 Å². The zero-order valence-corrected chi connectivity index (χ0v) is 15.1. The number of amides is 2. The molecule has 3 rings (SSSR count). The molecule has 1 aromatic heterocycles. The average Bonchev–Trinajstić information content (AvgIpc) is 3.23. The van der Waals surface area contributed by atoms with E-state index in [1.54, 1.807) is 6.33 Å². The van der Waals surface area contributed by atoms with Crippen molar-refractivity contribution in [3.05, 3.63) is 12.2 Å². The zero-order chi connectivity index (χ0) is 17.6. The molecule has 1 aliphatic carbocycles. The van der Waals surface area contributed by atoms with Crippen LogP contribution >= 0.6 is 0 Å². The molecule has 25 heavy (non-hydrogen) atoms. The Morgan fingerprint density at radius 1 is 1.28 bits per heavy atom. The SMILES string of the molecule is C[C@@H](NC(=O)CCN1CCCCCC1=O)c1nncn1C1CCCC1. The molecule has 0 radical (unpaired) electrons. The summed E-state index contributed by atoms with van der Waals surface area (Å²) in [5.41, 5.74) is 0. The third kappa shape index (κ3) is 4.58. The number of rotatable bonds is 6. The summed E-state index contributed by atoms with van der Waals surface area (Å²) < 4.78 is 2.12. The number of hydrogen-bond donors (Lipinski definition) is 1. The summed E-state index contributed by atoms with van der Waals surface area (Å²) in [5.74, 6) is 0.968. The van der Waals surface area contributed by atoms with E-state index in [1.807, 2.05) is 11.8 Å². The van der Waals surface area contributed by atoms with Crippen molar-refractivity contribution in [2.24, 2.45) is 0 Å². The van der Waals surface area contributed by atoms with Gasteiger partial charge in [-0.2, -0.15) is 0 Å². The predicted octanol–water partition coefficient (Wildman–Crippen LogP) is 2.36. The lowest BCUT2D eigenvalue weighted by molar-refractivity contribution is -0.131. The lowest BCUT2D eigenvalue weighted by Crippen LogP contribution is -2.36. The fourth-order valence-corrected chi connectivity index (χ4v) is 3.92. The molecule has 0 spiro atoms. The first-order valence-corrected chi connectivity index (χ1v) is 9.61. The van der Waals surface area contributed by atoms with Gasteiger partial charge in [0.15, 0.2) is 5.82 Å². The smallest absolute Gasteiger partial charge is 0.222 e. The summed E-state index contributed by atoms with van der Waals surface area (Å²) in [5, 5.41) is 11.3. The highest BCUT2D eigenvalue weighted by Gasteiger charge is 2.24. The molecule has 0 unspecified atom stereocenters. The first-order valence-electron chi connectivity index (χ1n) is 9.61. The van der Waals surface area contributed by atoms with Crippen LogP contribution in [-0.2, 0) is 9.59 Å². The minimum atomic E-state index is -0.171. The second-order valence-electron chi connectivity index (χ2n) is 7.27.